The van der Waals surface area contributed by atoms with Crippen LogP contribution in [-0.4, -0.2) is 17.1 Å². The molecule has 2 rings (SSSR count). The van der Waals surface area contributed by atoms with Crippen molar-refractivity contribution in [3.8, 4) is 5.75 Å². The van der Waals surface area contributed by atoms with Crippen molar-refractivity contribution in [2.75, 3.05) is 12.4 Å². The van der Waals surface area contributed by atoms with Gasteiger partial charge in [0.25, 0.3) is 0 Å². The van der Waals surface area contributed by atoms with Gasteiger partial charge in [-0.05, 0) is 30.3 Å². The number of hydrogen-bond donors (Lipinski definition) is 2. The molecule has 0 aliphatic carbocycles. The molecule has 0 bridgehead atoms. The zero-order valence-electron chi connectivity index (χ0n) is 9.85. The minimum atomic E-state index is 0.267. The minimum absolute atomic E-state index is 0.267. The molecule has 0 fully saturated rings. The quantitative estimate of drug-likeness (QED) is 0.837. The molecule has 0 aliphatic heterocycles. The highest BCUT2D eigenvalue weighted by Crippen LogP contribution is 2.28. The van der Waals surface area contributed by atoms with E-state index in [0.29, 0.717) is 10.8 Å². The Balaban J connectivity index is 2.10. The number of aromatic hydroxyl groups is 1. The summed E-state index contributed by atoms with van der Waals surface area (Å²) in [7, 11) is 1.82. The van der Waals surface area contributed by atoms with E-state index in [0.717, 1.165) is 16.4 Å². The van der Waals surface area contributed by atoms with Crippen molar-refractivity contribution in [3.05, 3.63) is 47.1 Å². The smallest absolute Gasteiger partial charge is 0.126 e. The number of phenolic OH excluding ortho intramolecular Hbond substituents is 1. The molecule has 1 aromatic carbocycles. The third kappa shape index (κ3) is 3.31. The average molecular weight is 281 g/mol. The van der Waals surface area contributed by atoms with Crippen molar-refractivity contribution in [1.29, 1.82) is 0 Å². The van der Waals surface area contributed by atoms with Gasteiger partial charge >= 0.3 is 0 Å². The van der Waals surface area contributed by atoms with Gasteiger partial charge in [0.2, 0.25) is 0 Å². The Hall–Kier alpha value is -1.39. The van der Waals surface area contributed by atoms with Crippen molar-refractivity contribution < 1.29 is 5.11 Å². The van der Waals surface area contributed by atoms with Gasteiger partial charge in [-0.25, -0.2) is 4.98 Å². The molecule has 0 atom stereocenters. The molecule has 0 aliphatic rings. The number of rotatable bonds is 4. The van der Waals surface area contributed by atoms with E-state index in [1.54, 1.807) is 23.9 Å². The SMILES string of the molecule is CNc1ccc(Cl)c(CSc2cccc(O)c2)n1. The Morgan fingerprint density at radius 1 is 1.33 bits per heavy atom. The van der Waals surface area contributed by atoms with Crippen LogP contribution in [0.2, 0.25) is 5.02 Å². The number of halogens is 1. The standard InChI is InChI=1S/C13H13ClN2OS/c1-15-13-6-5-11(14)12(16-13)8-18-10-4-2-3-9(17)7-10/h2-7,17H,8H2,1H3,(H,15,16). The second-order valence-corrected chi connectivity index (χ2v) is 5.12. The topological polar surface area (TPSA) is 45.1 Å². The summed E-state index contributed by atoms with van der Waals surface area (Å²) in [6.45, 7) is 0. The number of thioether (sulfide) groups is 1. The van der Waals surface area contributed by atoms with Gasteiger partial charge in [0.05, 0.1) is 10.7 Å². The van der Waals surface area contributed by atoms with E-state index in [1.165, 1.54) is 0 Å². The monoisotopic (exact) mass is 280 g/mol. The van der Waals surface area contributed by atoms with Gasteiger partial charge in [0.1, 0.15) is 11.6 Å². The molecule has 0 saturated carbocycles. The molecule has 5 heteroatoms. The van der Waals surface area contributed by atoms with E-state index in [-0.39, 0.29) is 5.75 Å². The summed E-state index contributed by atoms with van der Waals surface area (Å²) in [5.41, 5.74) is 0.830. The van der Waals surface area contributed by atoms with Gasteiger partial charge < -0.3 is 10.4 Å². The van der Waals surface area contributed by atoms with Crippen LogP contribution in [0.4, 0.5) is 5.82 Å². The maximum atomic E-state index is 9.38. The highest BCUT2D eigenvalue weighted by atomic mass is 35.5. The predicted molar refractivity (Wildman–Crippen MR) is 76.5 cm³/mol. The van der Waals surface area contributed by atoms with Crippen molar-refractivity contribution in [3.63, 3.8) is 0 Å². The van der Waals surface area contributed by atoms with Crippen LogP contribution < -0.4 is 5.32 Å². The zero-order valence-corrected chi connectivity index (χ0v) is 11.4. The van der Waals surface area contributed by atoms with Crippen molar-refractivity contribution in [2.24, 2.45) is 0 Å². The van der Waals surface area contributed by atoms with E-state index in [9.17, 15) is 5.11 Å². The number of anilines is 1. The van der Waals surface area contributed by atoms with Crippen LogP contribution in [0.25, 0.3) is 0 Å². The number of phenols is 1. The second-order valence-electron chi connectivity index (χ2n) is 3.66. The fourth-order valence-corrected chi connectivity index (χ4v) is 2.60. The van der Waals surface area contributed by atoms with Crippen molar-refractivity contribution in [2.45, 2.75) is 10.6 Å². The van der Waals surface area contributed by atoms with Gasteiger partial charge in [-0.3, -0.25) is 0 Å². The molecule has 0 saturated heterocycles. The van der Waals surface area contributed by atoms with Gasteiger partial charge in [-0.15, -0.1) is 11.8 Å². The lowest BCUT2D eigenvalue weighted by molar-refractivity contribution is 0.474. The maximum absolute atomic E-state index is 9.38. The Bertz CT molecular complexity index is 548. The molecule has 0 radical (unpaired) electrons. The second kappa shape index (κ2) is 5.98. The van der Waals surface area contributed by atoms with Crippen LogP contribution in [0.15, 0.2) is 41.3 Å². The lowest BCUT2D eigenvalue weighted by Crippen LogP contribution is -1.96. The summed E-state index contributed by atoms with van der Waals surface area (Å²) in [5, 5.41) is 13.0. The maximum Gasteiger partial charge on any atom is 0.126 e. The normalized spacial score (nSPS) is 10.3. The van der Waals surface area contributed by atoms with E-state index in [2.05, 4.69) is 10.3 Å². The first-order valence-electron chi connectivity index (χ1n) is 5.44. The fraction of sp³-hybridized carbons (Fsp3) is 0.154. The number of nitrogens with zero attached hydrogens (tertiary/aromatic N) is 1. The minimum Gasteiger partial charge on any atom is -0.508 e. The van der Waals surface area contributed by atoms with Crippen LogP contribution in [0.3, 0.4) is 0 Å². The molecule has 2 N–H and O–H groups in total. The van der Waals surface area contributed by atoms with E-state index in [4.69, 9.17) is 11.6 Å². The van der Waals surface area contributed by atoms with E-state index < -0.39 is 0 Å². The highest BCUT2D eigenvalue weighted by molar-refractivity contribution is 7.98. The van der Waals surface area contributed by atoms with Gasteiger partial charge in [0.15, 0.2) is 0 Å². The Labute approximate surface area is 115 Å². The third-order valence-corrected chi connectivity index (χ3v) is 3.72. The number of aromatic nitrogens is 1. The first kappa shape index (κ1) is 13.1. The van der Waals surface area contributed by atoms with Gasteiger partial charge in [0, 0.05) is 17.7 Å². The Morgan fingerprint density at radius 2 is 2.17 bits per heavy atom. The fourth-order valence-electron chi connectivity index (χ4n) is 1.45. The largest absolute Gasteiger partial charge is 0.508 e. The molecular formula is C13H13ClN2OS. The third-order valence-electron chi connectivity index (χ3n) is 2.37. The van der Waals surface area contributed by atoms with Crippen molar-refractivity contribution >= 4 is 29.2 Å². The molecular weight excluding hydrogens is 268 g/mol. The van der Waals surface area contributed by atoms with Crippen molar-refractivity contribution in [1.82, 2.24) is 4.98 Å². The summed E-state index contributed by atoms with van der Waals surface area (Å²) >= 11 is 7.68. The van der Waals surface area contributed by atoms with Gasteiger partial charge in [-0.1, -0.05) is 17.7 Å². The van der Waals surface area contributed by atoms with Crippen LogP contribution in [0.5, 0.6) is 5.75 Å². The lowest BCUT2D eigenvalue weighted by Gasteiger charge is -2.06. The summed E-state index contributed by atoms with van der Waals surface area (Å²) in [6.07, 6.45) is 0. The number of nitrogens with one attached hydrogen (secondary N) is 1. The van der Waals surface area contributed by atoms with Crippen LogP contribution in [-0.2, 0) is 5.75 Å². The Kier molecular flexibility index (Phi) is 4.33. The van der Waals surface area contributed by atoms with Crippen LogP contribution in [0.1, 0.15) is 5.69 Å². The molecule has 1 aromatic heterocycles. The highest BCUT2D eigenvalue weighted by Gasteiger charge is 2.05. The number of hydrogen-bond acceptors (Lipinski definition) is 4. The molecule has 0 unspecified atom stereocenters. The number of benzene rings is 1. The predicted octanol–water partition coefficient (Wildman–Crippen LogP) is 3.77. The first-order valence-corrected chi connectivity index (χ1v) is 6.80. The van der Waals surface area contributed by atoms with Crippen LogP contribution >= 0.6 is 23.4 Å². The molecule has 0 spiro atoms. The van der Waals surface area contributed by atoms with E-state index >= 15 is 0 Å². The summed E-state index contributed by atoms with van der Waals surface area (Å²) in [6, 6.07) is 10.8. The Morgan fingerprint density at radius 3 is 2.89 bits per heavy atom. The molecule has 0 amide bonds. The molecule has 94 valence electrons. The van der Waals surface area contributed by atoms with Gasteiger partial charge in [-0.2, -0.15) is 0 Å². The molecule has 3 nitrogen and oxygen atoms in total. The van der Waals surface area contributed by atoms with E-state index in [1.807, 2.05) is 31.3 Å². The molecule has 2 aromatic rings. The lowest BCUT2D eigenvalue weighted by atomic mass is 10.3. The molecule has 1 heterocycles. The summed E-state index contributed by atoms with van der Waals surface area (Å²) < 4.78 is 0. The summed E-state index contributed by atoms with van der Waals surface area (Å²) in [5.74, 6) is 1.73. The number of pyridine rings is 1. The first-order chi connectivity index (χ1) is 8.69. The zero-order chi connectivity index (χ0) is 13.0. The van der Waals surface area contributed by atoms with Crippen LogP contribution in [0, 0.1) is 0 Å². The molecule has 18 heavy (non-hydrogen) atoms. The average Bonchev–Trinajstić information content (AvgIpc) is 2.38. The summed E-state index contributed by atoms with van der Waals surface area (Å²) in [4.78, 5) is 5.39.